The first-order chi connectivity index (χ1) is 9.25. The standard InChI is InChI=1S/C15H18N2O3/c1-8(2)15(4)14(20)16-12(17-15)10-6-5-9(3)7-11(10)13(18)19/h5-8H,1-4H3,(H,18,19)(H,16,17,20)/p-1. The van der Waals surface area contributed by atoms with Crippen LogP contribution in [0.3, 0.4) is 0 Å². The van der Waals surface area contributed by atoms with Crippen LogP contribution >= 0.6 is 0 Å². The summed E-state index contributed by atoms with van der Waals surface area (Å²) in [5.41, 5.74) is 0.360. The molecule has 1 unspecified atom stereocenters. The predicted molar refractivity (Wildman–Crippen MR) is 73.4 cm³/mol. The number of nitrogens with zero attached hydrogens (tertiary/aromatic N) is 1. The van der Waals surface area contributed by atoms with Gasteiger partial charge in [0.2, 0.25) is 0 Å². The quantitative estimate of drug-likeness (QED) is 0.877. The van der Waals surface area contributed by atoms with E-state index in [4.69, 9.17) is 0 Å². The lowest BCUT2D eigenvalue weighted by atomic mass is 9.89. The van der Waals surface area contributed by atoms with E-state index in [1.807, 2.05) is 13.8 Å². The molecule has 0 radical (unpaired) electrons. The molecule has 0 spiro atoms. The summed E-state index contributed by atoms with van der Waals surface area (Å²) in [6.45, 7) is 7.35. The van der Waals surface area contributed by atoms with E-state index in [2.05, 4.69) is 10.3 Å². The van der Waals surface area contributed by atoms with Gasteiger partial charge in [0.25, 0.3) is 5.91 Å². The van der Waals surface area contributed by atoms with Crippen molar-refractivity contribution in [2.45, 2.75) is 33.2 Å². The first kappa shape index (κ1) is 14.2. The normalized spacial score (nSPS) is 21.9. The van der Waals surface area contributed by atoms with Crippen LogP contribution in [0, 0.1) is 12.8 Å². The Hall–Kier alpha value is -2.17. The van der Waals surface area contributed by atoms with Crippen LogP contribution < -0.4 is 10.4 Å². The SMILES string of the molecule is Cc1ccc(C2=NC(C)(C(C)C)C(=O)N2)c(C(=O)[O-])c1. The molecule has 0 saturated carbocycles. The van der Waals surface area contributed by atoms with Crippen molar-refractivity contribution in [2.24, 2.45) is 10.9 Å². The van der Waals surface area contributed by atoms with Crippen molar-refractivity contribution >= 4 is 17.7 Å². The average Bonchev–Trinajstić information content (AvgIpc) is 2.66. The Morgan fingerprint density at radius 3 is 2.55 bits per heavy atom. The Labute approximate surface area is 117 Å². The highest BCUT2D eigenvalue weighted by molar-refractivity contribution is 6.18. The maximum Gasteiger partial charge on any atom is 0.253 e. The summed E-state index contributed by atoms with van der Waals surface area (Å²) < 4.78 is 0. The molecule has 1 heterocycles. The molecule has 1 aliphatic rings. The number of carboxylic acids is 1. The van der Waals surface area contributed by atoms with E-state index in [0.717, 1.165) is 5.56 Å². The van der Waals surface area contributed by atoms with Crippen molar-refractivity contribution in [3.05, 3.63) is 34.9 Å². The van der Waals surface area contributed by atoms with E-state index in [1.54, 1.807) is 26.0 Å². The molecule has 0 saturated heterocycles. The zero-order valence-corrected chi connectivity index (χ0v) is 12.0. The van der Waals surface area contributed by atoms with Gasteiger partial charge < -0.3 is 15.2 Å². The van der Waals surface area contributed by atoms with Crippen LogP contribution in [-0.4, -0.2) is 23.3 Å². The summed E-state index contributed by atoms with van der Waals surface area (Å²) in [5, 5.41) is 13.9. The van der Waals surface area contributed by atoms with Crippen LogP contribution in [0.25, 0.3) is 0 Å². The minimum atomic E-state index is -1.28. The molecule has 5 nitrogen and oxygen atoms in total. The molecule has 1 atom stereocenters. The summed E-state index contributed by atoms with van der Waals surface area (Å²) in [7, 11) is 0. The number of amides is 1. The molecule has 0 aliphatic carbocycles. The number of aromatic carboxylic acids is 1. The molecule has 0 bridgehead atoms. The van der Waals surface area contributed by atoms with Crippen molar-refractivity contribution in [2.75, 3.05) is 0 Å². The van der Waals surface area contributed by atoms with Crippen LogP contribution in [0.15, 0.2) is 23.2 Å². The average molecular weight is 273 g/mol. The van der Waals surface area contributed by atoms with Gasteiger partial charge in [0.15, 0.2) is 0 Å². The first-order valence-corrected chi connectivity index (χ1v) is 6.49. The van der Waals surface area contributed by atoms with E-state index in [-0.39, 0.29) is 17.4 Å². The summed E-state index contributed by atoms with van der Waals surface area (Å²) in [5.74, 6) is -1.19. The first-order valence-electron chi connectivity index (χ1n) is 6.49. The van der Waals surface area contributed by atoms with Crippen LogP contribution in [0.2, 0.25) is 0 Å². The number of benzene rings is 1. The summed E-state index contributed by atoms with van der Waals surface area (Å²) >= 11 is 0. The van der Waals surface area contributed by atoms with Gasteiger partial charge in [0.05, 0.1) is 5.97 Å². The minimum absolute atomic E-state index is 0.0110. The fraction of sp³-hybridized carbons (Fsp3) is 0.400. The Morgan fingerprint density at radius 1 is 1.40 bits per heavy atom. The minimum Gasteiger partial charge on any atom is -0.545 e. The number of nitrogens with one attached hydrogen (secondary N) is 1. The Kier molecular flexibility index (Phi) is 3.38. The fourth-order valence-corrected chi connectivity index (χ4v) is 2.10. The van der Waals surface area contributed by atoms with Crippen molar-refractivity contribution in [3.63, 3.8) is 0 Å². The predicted octanol–water partition coefficient (Wildman–Crippen LogP) is 0.650. The molecule has 20 heavy (non-hydrogen) atoms. The van der Waals surface area contributed by atoms with Crippen LogP contribution in [0.5, 0.6) is 0 Å². The molecule has 1 aromatic rings. The van der Waals surface area contributed by atoms with Crippen molar-refractivity contribution < 1.29 is 14.7 Å². The molecular weight excluding hydrogens is 256 g/mol. The highest BCUT2D eigenvalue weighted by Crippen LogP contribution is 2.27. The van der Waals surface area contributed by atoms with Gasteiger partial charge in [-0.25, -0.2) is 0 Å². The second-order valence-corrected chi connectivity index (χ2v) is 5.55. The summed E-state index contributed by atoms with van der Waals surface area (Å²) in [6, 6.07) is 4.94. The van der Waals surface area contributed by atoms with Crippen molar-refractivity contribution in [3.8, 4) is 0 Å². The number of aryl methyl sites for hydroxylation is 1. The topological polar surface area (TPSA) is 81.6 Å². The number of hydrogen-bond donors (Lipinski definition) is 1. The molecular formula is C15H17N2O3-. The smallest absolute Gasteiger partial charge is 0.253 e. The second-order valence-electron chi connectivity index (χ2n) is 5.55. The molecule has 1 aliphatic heterocycles. The monoisotopic (exact) mass is 273 g/mol. The lowest BCUT2D eigenvalue weighted by Crippen LogP contribution is -2.41. The Morgan fingerprint density at radius 2 is 2.05 bits per heavy atom. The third kappa shape index (κ3) is 2.19. The van der Waals surface area contributed by atoms with Gasteiger partial charge >= 0.3 is 0 Å². The highest BCUT2D eigenvalue weighted by Gasteiger charge is 2.42. The fourth-order valence-electron chi connectivity index (χ4n) is 2.10. The molecule has 1 amide bonds. The lowest BCUT2D eigenvalue weighted by molar-refractivity contribution is -0.255. The number of carboxylic acid groups (broad SMARTS) is 1. The van der Waals surface area contributed by atoms with Crippen LogP contribution in [-0.2, 0) is 4.79 Å². The van der Waals surface area contributed by atoms with Gasteiger partial charge in [-0.3, -0.25) is 9.79 Å². The van der Waals surface area contributed by atoms with Crippen LogP contribution in [0.4, 0.5) is 0 Å². The number of amidine groups is 1. The number of aliphatic imine (C=N–C) groups is 1. The van der Waals surface area contributed by atoms with Gasteiger partial charge in [-0.05, 0) is 25.8 Å². The third-order valence-electron chi connectivity index (χ3n) is 3.81. The number of hydrogen-bond acceptors (Lipinski definition) is 4. The van der Waals surface area contributed by atoms with Crippen LogP contribution in [0.1, 0.15) is 42.3 Å². The Balaban J connectivity index is 2.54. The molecule has 1 N–H and O–H groups in total. The third-order valence-corrected chi connectivity index (χ3v) is 3.81. The summed E-state index contributed by atoms with van der Waals surface area (Å²) in [4.78, 5) is 27.7. The maximum absolute atomic E-state index is 12.1. The number of rotatable bonds is 3. The van der Waals surface area contributed by atoms with Crippen molar-refractivity contribution in [1.29, 1.82) is 0 Å². The van der Waals surface area contributed by atoms with Crippen molar-refractivity contribution in [1.82, 2.24) is 5.32 Å². The lowest BCUT2D eigenvalue weighted by Gasteiger charge is -2.21. The van der Waals surface area contributed by atoms with E-state index >= 15 is 0 Å². The van der Waals surface area contributed by atoms with Gasteiger partial charge in [0, 0.05) is 11.1 Å². The molecule has 0 aromatic heterocycles. The molecule has 1 aromatic carbocycles. The molecule has 5 heteroatoms. The molecule has 2 rings (SSSR count). The molecule has 106 valence electrons. The zero-order valence-electron chi connectivity index (χ0n) is 12.0. The second kappa shape index (κ2) is 4.74. The largest absolute Gasteiger partial charge is 0.545 e. The highest BCUT2D eigenvalue weighted by atomic mass is 16.4. The maximum atomic E-state index is 12.1. The van der Waals surface area contributed by atoms with Gasteiger partial charge in [-0.1, -0.05) is 31.5 Å². The van der Waals surface area contributed by atoms with E-state index in [9.17, 15) is 14.7 Å². The number of carbonyl (C=O) groups excluding carboxylic acids is 2. The van der Waals surface area contributed by atoms with Gasteiger partial charge in [-0.2, -0.15) is 0 Å². The van der Waals surface area contributed by atoms with Gasteiger partial charge in [-0.15, -0.1) is 0 Å². The Bertz CT molecular complexity index is 620. The van der Waals surface area contributed by atoms with Gasteiger partial charge in [0.1, 0.15) is 11.4 Å². The van der Waals surface area contributed by atoms with E-state index < -0.39 is 11.5 Å². The number of carbonyl (C=O) groups is 2. The van der Waals surface area contributed by atoms with E-state index in [0.29, 0.717) is 11.4 Å². The van der Waals surface area contributed by atoms with E-state index in [1.165, 1.54) is 6.07 Å². The summed E-state index contributed by atoms with van der Waals surface area (Å²) in [6.07, 6.45) is 0. The zero-order chi connectivity index (χ0) is 15.1. The molecule has 0 fully saturated rings.